The smallest absolute Gasteiger partial charge is 0.463 e. The zero-order valence-electron chi connectivity index (χ0n) is 15.6. The minimum atomic E-state index is -6.58. The van der Waals surface area contributed by atoms with Gasteiger partial charge in [-0.05, 0) is 0 Å². The summed E-state index contributed by atoms with van der Waals surface area (Å²) in [5.74, 6) is -2.60. The van der Waals surface area contributed by atoms with E-state index in [4.69, 9.17) is 0 Å². The Morgan fingerprint density at radius 3 is 1.66 bits per heavy atom. The fourth-order valence-corrected chi connectivity index (χ4v) is 3.42. The fraction of sp³-hybridized carbons (Fsp3) is 0.833. The largest absolute Gasteiger partial charge is 0.523 e. The number of rotatable bonds is 7. The van der Waals surface area contributed by atoms with E-state index < -0.39 is 80.5 Å². The molecule has 1 fully saturated rings. The summed E-state index contributed by atoms with van der Waals surface area (Å²) >= 11 is 0. The highest BCUT2D eigenvalue weighted by Gasteiger charge is 2.59. The van der Waals surface area contributed by atoms with Crippen molar-refractivity contribution in [2.75, 3.05) is 6.61 Å². The Kier molecular flexibility index (Phi) is 8.51. The zero-order chi connectivity index (χ0) is 25.3. The summed E-state index contributed by atoms with van der Waals surface area (Å²) in [7, 11) is -13.2. The predicted molar refractivity (Wildman–Crippen MR) is 82.8 cm³/mol. The van der Waals surface area contributed by atoms with E-state index >= 15 is 0 Å². The molecule has 1 heterocycles. The minimum Gasteiger partial charge on any atom is -0.463 e. The van der Waals surface area contributed by atoms with Crippen LogP contribution in [-0.2, 0) is 52.4 Å². The van der Waals surface area contributed by atoms with Crippen LogP contribution in [0.25, 0.3) is 0 Å². The summed E-state index contributed by atoms with van der Waals surface area (Å²) in [4.78, 5) is 22.3. The summed E-state index contributed by atoms with van der Waals surface area (Å²) in [5.41, 5.74) is -12.2. The molecule has 0 aromatic rings. The first-order valence-corrected chi connectivity index (χ1v) is 10.6. The van der Waals surface area contributed by atoms with E-state index in [9.17, 15) is 57.9 Å². The minimum absolute atomic E-state index is 0.549. The molecule has 0 radical (unpaired) electrons. The lowest BCUT2D eigenvalue weighted by molar-refractivity contribution is -0.281. The number of aliphatic hydroxyl groups is 1. The normalized spacial score (nSPS) is 27.6. The van der Waals surface area contributed by atoms with Crippen LogP contribution in [0.1, 0.15) is 13.8 Å². The third-order valence-corrected chi connectivity index (χ3v) is 5.49. The van der Waals surface area contributed by atoms with Crippen LogP contribution < -0.4 is 0 Å². The Hall–Kier alpha value is -1.74. The summed E-state index contributed by atoms with van der Waals surface area (Å²) in [5, 5.41) is 9.85. The number of alkyl halides is 6. The van der Waals surface area contributed by atoms with Gasteiger partial charge in [-0.1, -0.05) is 0 Å². The van der Waals surface area contributed by atoms with E-state index in [0.717, 1.165) is 6.92 Å². The van der Waals surface area contributed by atoms with Crippen LogP contribution in [-0.4, -0.2) is 82.2 Å². The molecule has 1 N–H and O–H groups in total. The average molecular weight is 528 g/mol. The van der Waals surface area contributed by atoms with Gasteiger partial charge >= 0.3 is 43.2 Å². The van der Waals surface area contributed by atoms with Crippen LogP contribution >= 0.6 is 0 Å². The van der Waals surface area contributed by atoms with Crippen molar-refractivity contribution in [3.05, 3.63) is 0 Å². The van der Waals surface area contributed by atoms with Crippen molar-refractivity contribution in [1.29, 1.82) is 0 Å². The Morgan fingerprint density at radius 2 is 1.28 bits per heavy atom. The quantitative estimate of drug-likeness (QED) is 0.198. The summed E-state index contributed by atoms with van der Waals surface area (Å²) in [6, 6.07) is 0. The number of hydrogen-bond donors (Lipinski definition) is 1. The highest BCUT2D eigenvalue weighted by Crippen LogP contribution is 2.35. The molecule has 32 heavy (non-hydrogen) atoms. The Labute approximate surface area is 175 Å². The maximum atomic E-state index is 12.7. The average Bonchev–Trinajstić information content (AvgIpc) is 2.56. The van der Waals surface area contributed by atoms with Gasteiger partial charge in [0.05, 0.1) is 0 Å². The molecule has 1 rings (SSSR count). The van der Waals surface area contributed by atoms with Gasteiger partial charge in [-0.15, -0.1) is 0 Å². The van der Waals surface area contributed by atoms with Gasteiger partial charge in [-0.25, -0.2) is 0 Å². The molecule has 0 aromatic heterocycles. The van der Waals surface area contributed by atoms with E-state index in [1.165, 1.54) is 0 Å². The molecule has 0 bridgehead atoms. The maximum Gasteiger partial charge on any atom is 0.523 e. The van der Waals surface area contributed by atoms with E-state index in [1.807, 2.05) is 0 Å². The van der Waals surface area contributed by atoms with E-state index in [-0.39, 0.29) is 0 Å². The molecule has 0 aromatic carbocycles. The van der Waals surface area contributed by atoms with Gasteiger partial charge in [0.15, 0.2) is 18.5 Å². The van der Waals surface area contributed by atoms with Crippen LogP contribution in [0.4, 0.5) is 26.3 Å². The Balaban J connectivity index is 3.52. The molecule has 0 unspecified atom stereocenters. The van der Waals surface area contributed by atoms with Crippen molar-refractivity contribution >= 4 is 32.2 Å². The molecule has 1 aliphatic rings. The van der Waals surface area contributed by atoms with Crippen molar-refractivity contribution in [2.45, 2.75) is 55.6 Å². The molecule has 12 nitrogen and oxygen atoms in total. The van der Waals surface area contributed by atoms with Gasteiger partial charge < -0.3 is 19.3 Å². The first-order valence-electron chi connectivity index (χ1n) is 7.83. The fourth-order valence-electron chi connectivity index (χ4n) is 2.17. The number of esters is 2. The first-order chi connectivity index (χ1) is 14.2. The van der Waals surface area contributed by atoms with Crippen LogP contribution in [0.15, 0.2) is 0 Å². The number of hydrogen-bond acceptors (Lipinski definition) is 12. The van der Waals surface area contributed by atoms with E-state index in [0.29, 0.717) is 6.92 Å². The summed E-state index contributed by atoms with van der Waals surface area (Å²) in [6.45, 7) is 0.168. The van der Waals surface area contributed by atoms with Gasteiger partial charge in [-0.2, -0.15) is 43.2 Å². The molecular formula is C12H14F6O12S2. The molecule has 0 spiro atoms. The topological polar surface area (TPSA) is 169 Å². The number of carbonyl (C=O) groups excluding carboxylic acids is 2. The lowest BCUT2D eigenvalue weighted by Gasteiger charge is -2.42. The van der Waals surface area contributed by atoms with E-state index in [2.05, 4.69) is 22.6 Å². The summed E-state index contributed by atoms with van der Waals surface area (Å²) in [6.07, 6.45) is -13.5. The molecule has 0 amide bonds. The van der Waals surface area contributed by atoms with E-state index in [1.54, 1.807) is 0 Å². The number of halogens is 6. The highest BCUT2D eigenvalue weighted by molar-refractivity contribution is 7.87. The number of ether oxygens (including phenoxy) is 3. The molecule has 188 valence electrons. The van der Waals surface area contributed by atoms with Crippen molar-refractivity contribution < 1.29 is 80.5 Å². The van der Waals surface area contributed by atoms with Crippen molar-refractivity contribution in [3.63, 3.8) is 0 Å². The van der Waals surface area contributed by atoms with Gasteiger partial charge in [0.1, 0.15) is 18.8 Å². The Morgan fingerprint density at radius 1 is 0.844 bits per heavy atom. The first kappa shape index (κ1) is 28.3. The maximum absolute atomic E-state index is 12.7. The molecule has 0 saturated carbocycles. The second kappa shape index (κ2) is 9.63. The van der Waals surface area contributed by atoms with Crippen LogP contribution in [0.5, 0.6) is 0 Å². The molecule has 5 atom stereocenters. The van der Waals surface area contributed by atoms with Gasteiger partial charge in [0.2, 0.25) is 0 Å². The Bertz CT molecular complexity index is 912. The van der Waals surface area contributed by atoms with Crippen molar-refractivity contribution in [3.8, 4) is 0 Å². The summed E-state index contributed by atoms with van der Waals surface area (Å²) < 4.78 is 142. The predicted octanol–water partition coefficient (Wildman–Crippen LogP) is -0.332. The van der Waals surface area contributed by atoms with Gasteiger partial charge in [0.25, 0.3) is 0 Å². The molecular weight excluding hydrogens is 514 g/mol. The third-order valence-electron chi connectivity index (χ3n) is 3.40. The van der Waals surface area contributed by atoms with Crippen LogP contribution in [0, 0.1) is 0 Å². The van der Waals surface area contributed by atoms with Crippen LogP contribution in [0.2, 0.25) is 0 Å². The molecule has 1 saturated heterocycles. The molecule has 1 aliphatic heterocycles. The molecule has 20 heteroatoms. The van der Waals surface area contributed by atoms with Crippen molar-refractivity contribution in [1.82, 2.24) is 0 Å². The van der Waals surface area contributed by atoms with Gasteiger partial charge in [0, 0.05) is 13.8 Å². The number of carbonyl (C=O) groups is 2. The van der Waals surface area contributed by atoms with Crippen LogP contribution in [0.3, 0.4) is 0 Å². The highest BCUT2D eigenvalue weighted by atomic mass is 32.2. The molecule has 0 aliphatic carbocycles. The second-order valence-corrected chi connectivity index (χ2v) is 8.99. The lowest BCUT2D eigenvalue weighted by Crippen LogP contribution is -2.63. The third kappa shape index (κ3) is 6.88. The lowest BCUT2D eigenvalue weighted by atomic mass is 9.99. The van der Waals surface area contributed by atoms with Gasteiger partial charge in [-0.3, -0.25) is 18.0 Å². The SMILES string of the molecule is CC(=O)OC[C@H]1O[C@@H](O)[C@H](OS(=O)(=O)C(F)(F)F)[C@@H](OC(C)=O)[C@@H]1OS(=O)(=O)C(F)(F)F. The number of aliphatic hydroxyl groups excluding tert-OH is 1. The monoisotopic (exact) mass is 528 g/mol. The standard InChI is InChI=1S/C12H14F6O12S2/c1-4(19)26-3-6-7(29-31(22,23)11(13,14)15)8(27-5(2)20)9(10(21)28-6)30-32(24,25)12(16,17)18/h6-10,21H,3H2,1-2H3/t6-,7-,8+,9-,10-/m1/s1. The van der Waals surface area contributed by atoms with Crippen molar-refractivity contribution in [2.24, 2.45) is 0 Å². The zero-order valence-corrected chi connectivity index (χ0v) is 17.2. The second-order valence-electron chi connectivity index (χ2n) is 5.86.